The highest BCUT2D eigenvalue weighted by Gasteiger charge is 2.19. The summed E-state index contributed by atoms with van der Waals surface area (Å²) in [6.45, 7) is 4.62. The van der Waals surface area contributed by atoms with Crippen LogP contribution < -0.4 is 10.5 Å². The molecule has 3 rings (SSSR count). The Hall–Kier alpha value is -2.14. The summed E-state index contributed by atoms with van der Waals surface area (Å²) in [6, 6.07) is 10.7. The minimum Gasteiger partial charge on any atom is -0.481 e. The molecular formula is C17H22N4O. The molecule has 0 aliphatic carbocycles. The van der Waals surface area contributed by atoms with Crippen LogP contribution in [-0.4, -0.2) is 35.1 Å². The van der Waals surface area contributed by atoms with Crippen LogP contribution in [0.4, 0.5) is 5.95 Å². The Morgan fingerprint density at radius 3 is 2.68 bits per heavy atom. The monoisotopic (exact) mass is 298 g/mol. The van der Waals surface area contributed by atoms with Crippen molar-refractivity contribution in [1.82, 2.24) is 14.9 Å². The van der Waals surface area contributed by atoms with Crippen molar-refractivity contribution in [2.45, 2.75) is 25.8 Å². The van der Waals surface area contributed by atoms with Crippen LogP contribution in [0, 0.1) is 0 Å². The van der Waals surface area contributed by atoms with E-state index in [1.54, 1.807) is 7.11 Å². The van der Waals surface area contributed by atoms with Gasteiger partial charge in [-0.25, -0.2) is 4.98 Å². The van der Waals surface area contributed by atoms with E-state index in [-0.39, 0.29) is 5.95 Å². The molecule has 0 unspecified atom stereocenters. The summed E-state index contributed by atoms with van der Waals surface area (Å²) in [4.78, 5) is 10.9. The fraction of sp³-hybridized carbons (Fsp3) is 0.412. The maximum Gasteiger partial charge on any atom is 0.223 e. The lowest BCUT2D eigenvalue weighted by atomic mass is 10.0. The molecule has 1 aliphatic rings. The number of hydrogen-bond acceptors (Lipinski definition) is 5. The summed E-state index contributed by atoms with van der Waals surface area (Å²) in [6.07, 6.45) is 2.59. The predicted molar refractivity (Wildman–Crippen MR) is 87.7 cm³/mol. The lowest BCUT2D eigenvalue weighted by Crippen LogP contribution is -2.23. The molecule has 2 aromatic rings. The Morgan fingerprint density at radius 1 is 1.18 bits per heavy atom. The molecule has 1 aromatic heterocycles. The number of likely N-dealkylation sites (tertiary alicyclic amines) is 1. The number of nitrogens with two attached hydrogens (primary N) is 1. The standard InChI is InChI=1S/C17H22N4O/c1-12(21-8-3-4-9-21)13-6-5-7-14(10-13)15-11-16(22-2)20-17(18)19-15/h5-7,10-12H,3-4,8-9H2,1-2H3,(H2,18,19,20)/t12-/m0/s1. The van der Waals surface area contributed by atoms with Crippen molar-refractivity contribution in [2.75, 3.05) is 25.9 Å². The van der Waals surface area contributed by atoms with Crippen LogP contribution in [0.5, 0.6) is 5.88 Å². The minimum atomic E-state index is 0.229. The molecule has 22 heavy (non-hydrogen) atoms. The Kier molecular flexibility index (Phi) is 4.24. The molecule has 5 heteroatoms. The van der Waals surface area contributed by atoms with Gasteiger partial charge in [0.15, 0.2) is 0 Å². The number of nitrogen functional groups attached to an aromatic ring is 1. The van der Waals surface area contributed by atoms with Crippen LogP contribution in [0.1, 0.15) is 31.4 Å². The van der Waals surface area contributed by atoms with E-state index >= 15 is 0 Å². The van der Waals surface area contributed by atoms with Gasteiger partial charge in [-0.2, -0.15) is 4.98 Å². The second-order valence-electron chi connectivity index (χ2n) is 5.70. The summed E-state index contributed by atoms with van der Waals surface area (Å²) < 4.78 is 5.18. The second kappa shape index (κ2) is 6.32. The number of rotatable bonds is 4. The number of anilines is 1. The van der Waals surface area contributed by atoms with Gasteiger partial charge in [-0.3, -0.25) is 4.90 Å². The van der Waals surface area contributed by atoms with Crippen molar-refractivity contribution in [1.29, 1.82) is 0 Å². The molecule has 2 N–H and O–H groups in total. The van der Waals surface area contributed by atoms with Crippen molar-refractivity contribution in [3.63, 3.8) is 0 Å². The molecule has 1 fully saturated rings. The van der Waals surface area contributed by atoms with E-state index < -0.39 is 0 Å². The Labute approximate surface area is 131 Å². The third kappa shape index (κ3) is 3.04. The summed E-state index contributed by atoms with van der Waals surface area (Å²) in [5, 5.41) is 0. The molecule has 1 saturated heterocycles. The maximum atomic E-state index is 5.76. The van der Waals surface area contributed by atoms with Crippen molar-refractivity contribution in [3.05, 3.63) is 35.9 Å². The van der Waals surface area contributed by atoms with Crippen LogP contribution >= 0.6 is 0 Å². The average molecular weight is 298 g/mol. The van der Waals surface area contributed by atoms with Gasteiger partial charge in [-0.05, 0) is 44.5 Å². The molecule has 1 aliphatic heterocycles. The van der Waals surface area contributed by atoms with Crippen molar-refractivity contribution >= 4 is 5.95 Å². The van der Waals surface area contributed by atoms with Gasteiger partial charge in [0.05, 0.1) is 12.8 Å². The van der Waals surface area contributed by atoms with Gasteiger partial charge < -0.3 is 10.5 Å². The first-order valence-electron chi connectivity index (χ1n) is 7.70. The van der Waals surface area contributed by atoms with E-state index in [2.05, 4.69) is 40.0 Å². The van der Waals surface area contributed by atoms with Gasteiger partial charge >= 0.3 is 0 Å². The molecule has 0 spiro atoms. The molecule has 0 radical (unpaired) electrons. The van der Waals surface area contributed by atoms with Crippen molar-refractivity contribution in [3.8, 4) is 17.1 Å². The number of nitrogens with zero attached hydrogens (tertiary/aromatic N) is 3. The molecule has 0 saturated carbocycles. The lowest BCUT2D eigenvalue weighted by Gasteiger charge is -2.24. The van der Waals surface area contributed by atoms with Gasteiger partial charge in [0, 0.05) is 17.7 Å². The van der Waals surface area contributed by atoms with Crippen LogP contribution in [0.2, 0.25) is 0 Å². The molecule has 0 bridgehead atoms. The number of ether oxygens (including phenoxy) is 1. The zero-order valence-electron chi connectivity index (χ0n) is 13.1. The van der Waals surface area contributed by atoms with Crippen LogP contribution in [0.3, 0.4) is 0 Å². The normalized spacial score (nSPS) is 16.6. The van der Waals surface area contributed by atoms with E-state index in [9.17, 15) is 0 Å². The van der Waals surface area contributed by atoms with E-state index in [4.69, 9.17) is 10.5 Å². The lowest BCUT2D eigenvalue weighted by molar-refractivity contribution is 0.263. The molecule has 1 aromatic carbocycles. The number of hydrogen-bond donors (Lipinski definition) is 1. The largest absolute Gasteiger partial charge is 0.481 e. The number of aromatic nitrogens is 2. The Morgan fingerprint density at radius 2 is 1.95 bits per heavy atom. The smallest absolute Gasteiger partial charge is 0.223 e. The molecule has 0 amide bonds. The van der Waals surface area contributed by atoms with Crippen molar-refractivity contribution in [2.24, 2.45) is 0 Å². The van der Waals surface area contributed by atoms with Gasteiger partial charge in [0.25, 0.3) is 0 Å². The highest BCUT2D eigenvalue weighted by atomic mass is 16.5. The highest BCUT2D eigenvalue weighted by Crippen LogP contribution is 2.28. The summed E-state index contributed by atoms with van der Waals surface area (Å²) in [7, 11) is 1.58. The second-order valence-corrected chi connectivity index (χ2v) is 5.70. The average Bonchev–Trinajstić information content (AvgIpc) is 3.08. The van der Waals surface area contributed by atoms with Gasteiger partial charge in [-0.15, -0.1) is 0 Å². The van der Waals surface area contributed by atoms with E-state index in [0.717, 1.165) is 11.3 Å². The minimum absolute atomic E-state index is 0.229. The quantitative estimate of drug-likeness (QED) is 0.940. The van der Waals surface area contributed by atoms with Gasteiger partial charge in [0.2, 0.25) is 11.8 Å². The molecule has 5 nitrogen and oxygen atoms in total. The van der Waals surface area contributed by atoms with Crippen LogP contribution in [0.25, 0.3) is 11.3 Å². The van der Waals surface area contributed by atoms with E-state index in [1.807, 2.05) is 12.1 Å². The van der Waals surface area contributed by atoms with E-state index in [1.165, 1.54) is 31.5 Å². The molecular weight excluding hydrogens is 276 g/mol. The number of methoxy groups -OCH3 is 1. The van der Waals surface area contributed by atoms with Crippen LogP contribution in [-0.2, 0) is 0 Å². The Balaban J connectivity index is 1.92. The first-order valence-corrected chi connectivity index (χ1v) is 7.70. The topological polar surface area (TPSA) is 64.3 Å². The maximum absolute atomic E-state index is 5.76. The van der Waals surface area contributed by atoms with E-state index in [0.29, 0.717) is 11.9 Å². The molecule has 1 atom stereocenters. The van der Waals surface area contributed by atoms with Gasteiger partial charge in [0.1, 0.15) is 0 Å². The summed E-state index contributed by atoms with van der Waals surface area (Å²) in [5.74, 6) is 0.716. The fourth-order valence-corrected chi connectivity index (χ4v) is 2.99. The number of benzene rings is 1. The van der Waals surface area contributed by atoms with Crippen LogP contribution in [0.15, 0.2) is 30.3 Å². The summed E-state index contributed by atoms with van der Waals surface area (Å²) in [5.41, 5.74) is 8.89. The zero-order chi connectivity index (χ0) is 15.5. The SMILES string of the molecule is COc1cc(-c2cccc([C@H](C)N3CCCC3)c2)nc(N)n1. The first-order chi connectivity index (χ1) is 10.7. The third-order valence-corrected chi connectivity index (χ3v) is 4.28. The fourth-order valence-electron chi connectivity index (χ4n) is 2.99. The van der Waals surface area contributed by atoms with Gasteiger partial charge in [-0.1, -0.05) is 18.2 Å². The molecule has 2 heterocycles. The Bertz CT molecular complexity index is 653. The highest BCUT2D eigenvalue weighted by molar-refractivity contribution is 5.62. The third-order valence-electron chi connectivity index (χ3n) is 4.28. The molecule has 116 valence electrons. The first kappa shape index (κ1) is 14.8. The zero-order valence-corrected chi connectivity index (χ0v) is 13.1. The predicted octanol–water partition coefficient (Wildman–Crippen LogP) is 2.89. The van der Waals surface area contributed by atoms with Crippen molar-refractivity contribution < 1.29 is 4.74 Å². The summed E-state index contributed by atoms with van der Waals surface area (Å²) >= 11 is 0.